The van der Waals surface area contributed by atoms with Crippen molar-refractivity contribution in [3.05, 3.63) is 25.3 Å². The van der Waals surface area contributed by atoms with E-state index < -0.39 is 0 Å². The molecule has 2 atom stereocenters. The van der Waals surface area contributed by atoms with Gasteiger partial charge in [-0.15, -0.1) is 13.2 Å². The number of nitrogens with one attached hydrogen (secondary N) is 1. The molecule has 1 fully saturated rings. The fourth-order valence-corrected chi connectivity index (χ4v) is 1.25. The predicted octanol–water partition coefficient (Wildman–Crippen LogP) is 1.25. The highest BCUT2D eigenvalue weighted by molar-refractivity contribution is 5.81. The van der Waals surface area contributed by atoms with Crippen LogP contribution in [0, 0.1) is 5.92 Å². The lowest BCUT2D eigenvalue weighted by Gasteiger charge is -2.24. The van der Waals surface area contributed by atoms with Crippen LogP contribution in [-0.4, -0.2) is 11.9 Å². The Labute approximate surface area is 67.0 Å². The highest BCUT2D eigenvalue weighted by Gasteiger charge is 2.23. The van der Waals surface area contributed by atoms with Crippen molar-refractivity contribution in [2.24, 2.45) is 5.92 Å². The van der Waals surface area contributed by atoms with E-state index in [0.717, 1.165) is 12.8 Å². The molecule has 0 radical (unpaired) electrons. The summed E-state index contributed by atoms with van der Waals surface area (Å²) in [4.78, 5) is 11.2. The Balaban J connectivity index is 2.53. The summed E-state index contributed by atoms with van der Waals surface area (Å²) in [5.74, 6) is 0.0855. The Hall–Kier alpha value is -1.05. The van der Waals surface area contributed by atoms with Gasteiger partial charge in [-0.1, -0.05) is 12.2 Å². The zero-order chi connectivity index (χ0) is 8.27. The Morgan fingerprint density at radius 1 is 1.36 bits per heavy atom. The van der Waals surface area contributed by atoms with E-state index in [1.54, 1.807) is 12.2 Å². The first kappa shape index (κ1) is 8.05. The molecule has 2 unspecified atom stereocenters. The lowest BCUT2D eigenvalue weighted by Crippen LogP contribution is -2.42. The van der Waals surface area contributed by atoms with Gasteiger partial charge in [-0.25, -0.2) is 0 Å². The maximum Gasteiger partial charge on any atom is 0.227 e. The van der Waals surface area contributed by atoms with Gasteiger partial charge in [-0.05, 0) is 12.8 Å². The smallest absolute Gasteiger partial charge is 0.227 e. The van der Waals surface area contributed by atoms with Crippen LogP contribution < -0.4 is 5.32 Å². The van der Waals surface area contributed by atoms with Crippen molar-refractivity contribution in [3.63, 3.8) is 0 Å². The minimum atomic E-state index is 0.00574. The fourth-order valence-electron chi connectivity index (χ4n) is 1.25. The maximum atomic E-state index is 11.2. The summed E-state index contributed by atoms with van der Waals surface area (Å²) >= 11 is 0. The van der Waals surface area contributed by atoms with E-state index in [2.05, 4.69) is 18.5 Å². The second-order valence-electron chi connectivity index (χ2n) is 2.77. The van der Waals surface area contributed by atoms with Gasteiger partial charge in [0.1, 0.15) is 0 Å². The largest absolute Gasteiger partial charge is 0.349 e. The van der Waals surface area contributed by atoms with Crippen LogP contribution in [0.15, 0.2) is 25.3 Å². The summed E-state index contributed by atoms with van der Waals surface area (Å²) in [7, 11) is 0. The highest BCUT2D eigenvalue weighted by Crippen LogP contribution is 2.16. The molecule has 1 amide bonds. The van der Waals surface area contributed by atoms with Gasteiger partial charge in [0.25, 0.3) is 0 Å². The molecule has 60 valence electrons. The summed E-state index contributed by atoms with van der Waals surface area (Å²) in [6.45, 7) is 7.23. The van der Waals surface area contributed by atoms with E-state index >= 15 is 0 Å². The van der Waals surface area contributed by atoms with Crippen LogP contribution in [0.1, 0.15) is 12.8 Å². The minimum Gasteiger partial charge on any atom is -0.349 e. The van der Waals surface area contributed by atoms with Crippen molar-refractivity contribution in [3.8, 4) is 0 Å². The molecule has 1 saturated heterocycles. The third kappa shape index (κ3) is 1.70. The van der Waals surface area contributed by atoms with Gasteiger partial charge < -0.3 is 5.32 Å². The molecule has 0 saturated carbocycles. The molecule has 0 bridgehead atoms. The summed E-state index contributed by atoms with van der Waals surface area (Å²) in [5, 5.41) is 2.84. The van der Waals surface area contributed by atoms with Gasteiger partial charge in [0.05, 0.1) is 5.92 Å². The Kier molecular flexibility index (Phi) is 2.47. The molecule has 2 nitrogen and oxygen atoms in total. The number of carbonyl (C=O) groups excluding carboxylic acids is 1. The molecule has 1 N–H and O–H groups in total. The van der Waals surface area contributed by atoms with Crippen molar-refractivity contribution >= 4 is 5.91 Å². The third-order valence-electron chi connectivity index (χ3n) is 2.02. The van der Waals surface area contributed by atoms with Crippen LogP contribution in [0.4, 0.5) is 0 Å². The molecule has 2 heteroatoms. The van der Waals surface area contributed by atoms with Gasteiger partial charge in [0.2, 0.25) is 5.91 Å². The summed E-state index contributed by atoms with van der Waals surface area (Å²) < 4.78 is 0. The summed E-state index contributed by atoms with van der Waals surface area (Å²) in [5.41, 5.74) is 0. The molecule has 0 aromatic rings. The first-order valence-corrected chi connectivity index (χ1v) is 3.83. The topological polar surface area (TPSA) is 29.1 Å². The van der Waals surface area contributed by atoms with Gasteiger partial charge in [0.15, 0.2) is 0 Å². The second-order valence-corrected chi connectivity index (χ2v) is 2.77. The van der Waals surface area contributed by atoms with Crippen LogP contribution in [0.2, 0.25) is 0 Å². The molecule has 1 heterocycles. The normalized spacial score (nSPS) is 30.7. The van der Waals surface area contributed by atoms with Crippen LogP contribution in [0.5, 0.6) is 0 Å². The van der Waals surface area contributed by atoms with E-state index in [1.807, 2.05) is 0 Å². The van der Waals surface area contributed by atoms with Crippen LogP contribution in [0.25, 0.3) is 0 Å². The first-order valence-electron chi connectivity index (χ1n) is 3.83. The van der Waals surface area contributed by atoms with Crippen molar-refractivity contribution < 1.29 is 4.79 Å². The molecular formula is C9H13NO. The summed E-state index contributed by atoms with van der Waals surface area (Å²) in [6, 6.07) is 0.165. The minimum absolute atomic E-state index is 0.00574. The highest BCUT2D eigenvalue weighted by atomic mass is 16.2. The molecule has 0 aromatic carbocycles. The van der Waals surface area contributed by atoms with E-state index in [1.165, 1.54) is 0 Å². The molecule has 0 spiro atoms. The van der Waals surface area contributed by atoms with E-state index in [4.69, 9.17) is 0 Å². The Morgan fingerprint density at radius 3 is 2.55 bits per heavy atom. The zero-order valence-electron chi connectivity index (χ0n) is 6.55. The standard InChI is InChI=1S/C9H13NO/c1-3-7-5-6-8(4-2)10-9(7)11/h3-4,7-8H,1-2,5-6H2,(H,10,11). The molecule has 11 heavy (non-hydrogen) atoms. The molecule has 1 rings (SSSR count). The SMILES string of the molecule is C=CC1CCC(C=C)C(=O)N1. The van der Waals surface area contributed by atoms with Gasteiger partial charge in [0, 0.05) is 6.04 Å². The number of carbonyl (C=O) groups is 1. The van der Waals surface area contributed by atoms with Crippen molar-refractivity contribution in [2.45, 2.75) is 18.9 Å². The summed E-state index contributed by atoms with van der Waals surface area (Å²) in [6.07, 6.45) is 5.35. The van der Waals surface area contributed by atoms with E-state index in [-0.39, 0.29) is 17.9 Å². The number of hydrogen-bond acceptors (Lipinski definition) is 1. The molecule has 1 aliphatic rings. The van der Waals surface area contributed by atoms with Gasteiger partial charge >= 0.3 is 0 Å². The molecular weight excluding hydrogens is 138 g/mol. The van der Waals surface area contributed by atoms with Crippen LogP contribution >= 0.6 is 0 Å². The average Bonchev–Trinajstić information content (AvgIpc) is 2.04. The maximum absolute atomic E-state index is 11.2. The van der Waals surface area contributed by atoms with Gasteiger partial charge in [-0.2, -0.15) is 0 Å². The van der Waals surface area contributed by atoms with E-state index in [0.29, 0.717) is 0 Å². The third-order valence-corrected chi connectivity index (χ3v) is 2.02. The average molecular weight is 151 g/mol. The lowest BCUT2D eigenvalue weighted by molar-refractivity contribution is -0.125. The first-order chi connectivity index (χ1) is 5.27. The van der Waals surface area contributed by atoms with Crippen molar-refractivity contribution in [2.75, 3.05) is 0 Å². The quantitative estimate of drug-likeness (QED) is 0.591. The van der Waals surface area contributed by atoms with Crippen molar-refractivity contribution in [1.82, 2.24) is 5.32 Å². The second kappa shape index (κ2) is 3.37. The zero-order valence-corrected chi connectivity index (χ0v) is 6.55. The van der Waals surface area contributed by atoms with Crippen molar-refractivity contribution in [1.29, 1.82) is 0 Å². The van der Waals surface area contributed by atoms with Crippen LogP contribution in [0.3, 0.4) is 0 Å². The molecule has 1 aliphatic heterocycles. The fraction of sp³-hybridized carbons (Fsp3) is 0.444. The molecule has 0 aromatic heterocycles. The Bertz CT molecular complexity index is 186. The predicted molar refractivity (Wildman–Crippen MR) is 45.0 cm³/mol. The number of amides is 1. The number of piperidine rings is 1. The monoisotopic (exact) mass is 151 g/mol. The lowest BCUT2D eigenvalue weighted by atomic mass is 9.94. The number of rotatable bonds is 2. The molecule has 0 aliphatic carbocycles. The Morgan fingerprint density at radius 2 is 2.09 bits per heavy atom. The van der Waals surface area contributed by atoms with Crippen LogP contribution in [-0.2, 0) is 4.79 Å². The van der Waals surface area contributed by atoms with Gasteiger partial charge in [-0.3, -0.25) is 4.79 Å². The number of hydrogen-bond donors (Lipinski definition) is 1. The van der Waals surface area contributed by atoms with E-state index in [9.17, 15) is 4.79 Å².